The van der Waals surface area contributed by atoms with E-state index in [0.717, 1.165) is 33.6 Å². The number of carbonyl (C=O) groups is 1. The van der Waals surface area contributed by atoms with Crippen LogP contribution in [0.15, 0.2) is 59.4 Å². The summed E-state index contributed by atoms with van der Waals surface area (Å²) in [5.74, 6) is 6.22. The highest BCUT2D eigenvalue weighted by Crippen LogP contribution is 2.37. The van der Waals surface area contributed by atoms with Gasteiger partial charge in [0.1, 0.15) is 0 Å². The molecule has 0 spiro atoms. The summed E-state index contributed by atoms with van der Waals surface area (Å²) in [5, 5.41) is 7.95. The number of allylic oxidation sites excluding steroid dienone is 2. The molecular weight excluding hydrogens is 402 g/mol. The predicted octanol–water partition coefficient (Wildman–Crippen LogP) is 2.43. The Hall–Kier alpha value is -3.78. The number of amides is 1. The summed E-state index contributed by atoms with van der Waals surface area (Å²) in [6.07, 6.45) is 3.96. The zero-order valence-electron chi connectivity index (χ0n) is 18.7. The van der Waals surface area contributed by atoms with Crippen LogP contribution in [-0.4, -0.2) is 37.8 Å². The number of nitrogens with one attached hydrogen (secondary N) is 2. The van der Waals surface area contributed by atoms with Crippen molar-refractivity contribution >= 4 is 29.1 Å². The maximum atomic E-state index is 12.4. The number of rotatable bonds is 5. The van der Waals surface area contributed by atoms with E-state index >= 15 is 0 Å². The zero-order chi connectivity index (χ0) is 23.3. The van der Waals surface area contributed by atoms with Crippen LogP contribution in [0.4, 0.5) is 5.69 Å². The van der Waals surface area contributed by atoms with Crippen LogP contribution in [0, 0.1) is 0 Å². The molecule has 2 aromatic carbocycles. The van der Waals surface area contributed by atoms with Crippen LogP contribution in [0.3, 0.4) is 0 Å². The molecule has 0 aromatic heterocycles. The fourth-order valence-corrected chi connectivity index (χ4v) is 4.01. The van der Waals surface area contributed by atoms with Crippen molar-refractivity contribution in [3.05, 3.63) is 76.6 Å². The molecule has 0 saturated carbocycles. The molecule has 0 aliphatic carbocycles. The van der Waals surface area contributed by atoms with Crippen molar-refractivity contribution in [1.82, 2.24) is 10.3 Å². The van der Waals surface area contributed by atoms with Crippen LogP contribution in [0.1, 0.15) is 46.4 Å². The van der Waals surface area contributed by atoms with Crippen LogP contribution in [0.25, 0.3) is 11.3 Å². The van der Waals surface area contributed by atoms with Crippen molar-refractivity contribution in [1.29, 1.82) is 0 Å². The summed E-state index contributed by atoms with van der Waals surface area (Å²) < 4.78 is 0. The van der Waals surface area contributed by atoms with Gasteiger partial charge in [-0.15, -0.1) is 0 Å². The first-order valence-electron chi connectivity index (χ1n) is 10.5. The van der Waals surface area contributed by atoms with Gasteiger partial charge in [-0.3, -0.25) is 9.79 Å². The summed E-state index contributed by atoms with van der Waals surface area (Å²) in [4.78, 5) is 16.5. The number of anilines is 1. The van der Waals surface area contributed by atoms with Gasteiger partial charge in [0.15, 0.2) is 0 Å². The Balaban J connectivity index is 2.16. The number of hydrogen-bond acceptors (Lipinski definition) is 7. The van der Waals surface area contributed by atoms with Crippen molar-refractivity contribution < 1.29 is 4.79 Å². The van der Waals surface area contributed by atoms with E-state index in [9.17, 15) is 4.79 Å². The maximum Gasteiger partial charge on any atom is 0.253 e. The second-order valence-corrected chi connectivity index (χ2v) is 7.65. The number of aliphatic imine (C=N–C) groups is 1. The maximum absolute atomic E-state index is 12.4. The first-order chi connectivity index (χ1) is 15.4. The van der Waals surface area contributed by atoms with Gasteiger partial charge in [0.2, 0.25) is 0 Å². The van der Waals surface area contributed by atoms with E-state index in [4.69, 9.17) is 17.3 Å². The highest BCUT2D eigenvalue weighted by Gasteiger charge is 2.27. The first-order valence-corrected chi connectivity index (χ1v) is 10.5. The molecule has 8 N–H and O–H groups in total. The summed E-state index contributed by atoms with van der Waals surface area (Å²) >= 11 is 0. The minimum Gasteiger partial charge on any atom is -0.404 e. The monoisotopic (exact) mass is 433 g/mol. The second kappa shape index (κ2) is 10.0. The third kappa shape index (κ3) is 4.60. The van der Waals surface area contributed by atoms with E-state index in [2.05, 4.69) is 21.7 Å². The van der Waals surface area contributed by atoms with Crippen molar-refractivity contribution in [2.45, 2.75) is 19.4 Å². The van der Waals surface area contributed by atoms with Gasteiger partial charge < -0.3 is 27.1 Å². The molecule has 8 heteroatoms. The summed E-state index contributed by atoms with van der Waals surface area (Å²) in [6, 6.07) is 13.4. The Bertz CT molecular complexity index is 1080. The van der Waals surface area contributed by atoms with E-state index in [1.807, 2.05) is 37.3 Å². The molecule has 1 heterocycles. The van der Waals surface area contributed by atoms with Crippen molar-refractivity contribution in [2.24, 2.45) is 22.3 Å². The van der Waals surface area contributed by atoms with E-state index in [-0.39, 0.29) is 11.9 Å². The molecule has 1 aliphatic heterocycles. The van der Waals surface area contributed by atoms with Gasteiger partial charge in [-0.2, -0.15) is 0 Å². The second-order valence-electron chi connectivity index (χ2n) is 7.65. The smallest absolute Gasteiger partial charge is 0.253 e. The molecule has 1 amide bonds. The number of benzene rings is 2. The summed E-state index contributed by atoms with van der Waals surface area (Å²) in [7, 11) is 3.33. The molecule has 0 fully saturated rings. The lowest BCUT2D eigenvalue weighted by Crippen LogP contribution is -2.31. The lowest BCUT2D eigenvalue weighted by Gasteiger charge is -2.23. The summed E-state index contributed by atoms with van der Waals surface area (Å²) in [6.45, 7) is 2.43. The molecule has 0 radical (unpaired) electrons. The lowest BCUT2D eigenvalue weighted by atomic mass is 9.92. The highest BCUT2D eigenvalue weighted by molar-refractivity contribution is 6.09. The van der Waals surface area contributed by atoms with Gasteiger partial charge >= 0.3 is 0 Å². The molecule has 1 aliphatic rings. The number of nitrogens with two attached hydrogens (primary N) is 3. The van der Waals surface area contributed by atoms with E-state index in [1.54, 1.807) is 31.4 Å². The Kier molecular flexibility index (Phi) is 7.17. The molecule has 0 saturated heterocycles. The Morgan fingerprint density at radius 1 is 1.25 bits per heavy atom. The predicted molar refractivity (Wildman–Crippen MR) is 132 cm³/mol. The van der Waals surface area contributed by atoms with Crippen LogP contribution >= 0.6 is 0 Å². The number of carbonyl (C=O) groups excluding carboxylic acids is 1. The Labute approximate surface area is 188 Å². The quantitative estimate of drug-likeness (QED) is 0.363. The molecule has 168 valence electrons. The van der Waals surface area contributed by atoms with Crippen LogP contribution in [-0.2, 0) is 0 Å². The molecule has 2 aromatic rings. The third-order valence-corrected chi connectivity index (χ3v) is 5.51. The molecule has 1 atom stereocenters. The lowest BCUT2D eigenvalue weighted by molar-refractivity contribution is 0.0964. The van der Waals surface area contributed by atoms with Gasteiger partial charge in [0.05, 0.1) is 17.3 Å². The molecule has 1 unspecified atom stereocenters. The zero-order valence-corrected chi connectivity index (χ0v) is 18.7. The van der Waals surface area contributed by atoms with E-state index in [1.165, 1.54) is 6.20 Å². The largest absolute Gasteiger partial charge is 0.404 e. The average Bonchev–Trinajstić information content (AvgIpc) is 2.93. The number of nitrogens with zero attached hydrogens (tertiary/aromatic N) is 2. The molecular formula is C24H31N7O. The van der Waals surface area contributed by atoms with E-state index < -0.39 is 0 Å². The molecule has 0 bridgehead atoms. The fourth-order valence-electron chi connectivity index (χ4n) is 4.01. The highest BCUT2D eigenvalue weighted by atomic mass is 16.1. The SMILES string of the molecule is CN=CC(=CN)c1ccc2c(c1)C(Nc1ccccc1C(=O)NC)CCN(N)/C2=C(/C)N. The van der Waals surface area contributed by atoms with Crippen LogP contribution in [0.2, 0.25) is 0 Å². The van der Waals surface area contributed by atoms with Gasteiger partial charge in [-0.05, 0) is 42.7 Å². The van der Waals surface area contributed by atoms with Gasteiger partial charge in [0, 0.05) is 55.6 Å². The fraction of sp³-hybridized carbons (Fsp3) is 0.250. The Morgan fingerprint density at radius 2 is 2.00 bits per heavy atom. The standard InChI is InChI=1S/C24H31N7O/c1-15(26)23-18-9-8-16(17(13-25)14-28-2)12-20(18)22(10-11-31(23)27)30-21-7-5-4-6-19(21)24(32)29-3/h4-9,12-14,22,30H,10-11,25-27H2,1-3H3,(H,29,32)/b17-13?,23-15-,28-14?. The van der Waals surface area contributed by atoms with Gasteiger partial charge in [-0.1, -0.05) is 24.3 Å². The van der Waals surface area contributed by atoms with Gasteiger partial charge in [0.25, 0.3) is 5.91 Å². The number of para-hydroxylation sites is 1. The first kappa shape index (κ1) is 22.9. The molecule has 32 heavy (non-hydrogen) atoms. The minimum atomic E-state index is -0.151. The Morgan fingerprint density at radius 3 is 2.66 bits per heavy atom. The van der Waals surface area contributed by atoms with Crippen molar-refractivity contribution in [3.8, 4) is 0 Å². The topological polar surface area (TPSA) is 135 Å². The number of fused-ring (bicyclic) bond motifs is 1. The normalized spacial score (nSPS) is 18.2. The summed E-state index contributed by atoms with van der Waals surface area (Å²) in [5.41, 5.74) is 18.5. The average molecular weight is 434 g/mol. The van der Waals surface area contributed by atoms with Crippen LogP contribution < -0.4 is 27.9 Å². The van der Waals surface area contributed by atoms with Gasteiger partial charge in [-0.25, -0.2) is 5.84 Å². The van der Waals surface area contributed by atoms with Crippen LogP contribution in [0.5, 0.6) is 0 Å². The number of hydrazine groups is 1. The number of hydrogen-bond donors (Lipinski definition) is 5. The van der Waals surface area contributed by atoms with Crippen molar-refractivity contribution in [3.63, 3.8) is 0 Å². The van der Waals surface area contributed by atoms with E-state index in [0.29, 0.717) is 24.2 Å². The van der Waals surface area contributed by atoms with Crippen molar-refractivity contribution in [2.75, 3.05) is 26.0 Å². The molecule has 3 rings (SSSR count). The third-order valence-electron chi connectivity index (χ3n) is 5.51. The minimum absolute atomic E-state index is 0.115. The molecule has 8 nitrogen and oxygen atoms in total.